The summed E-state index contributed by atoms with van der Waals surface area (Å²) in [5, 5.41) is 12.4. The van der Waals surface area contributed by atoms with Gasteiger partial charge in [0.05, 0.1) is 6.10 Å². The summed E-state index contributed by atoms with van der Waals surface area (Å²) in [5.74, 6) is 1.17. The molecule has 1 fully saturated rings. The number of aliphatic hydroxyl groups excluding tert-OH is 1. The van der Waals surface area contributed by atoms with Gasteiger partial charge in [0, 0.05) is 9.35 Å². The van der Waals surface area contributed by atoms with E-state index in [2.05, 4.69) is 48.1 Å². The predicted octanol–water partition coefficient (Wildman–Crippen LogP) is 4.88. The Morgan fingerprint density at radius 2 is 2.11 bits per heavy atom. The van der Waals surface area contributed by atoms with Crippen molar-refractivity contribution in [2.24, 2.45) is 17.3 Å². The summed E-state index contributed by atoms with van der Waals surface area (Å²) >= 11 is 5.39. The van der Waals surface area contributed by atoms with E-state index in [4.69, 9.17) is 0 Å². The van der Waals surface area contributed by atoms with Gasteiger partial charge in [-0.25, -0.2) is 0 Å². The number of thiophene rings is 1. The average Bonchev–Trinajstić information content (AvgIpc) is 2.66. The molecule has 1 nitrogen and oxygen atoms in total. The van der Waals surface area contributed by atoms with Crippen LogP contribution in [0.25, 0.3) is 0 Å². The van der Waals surface area contributed by atoms with E-state index in [1.54, 1.807) is 11.3 Å². The number of hydrogen-bond donors (Lipinski definition) is 1. The van der Waals surface area contributed by atoms with Gasteiger partial charge in [0.1, 0.15) is 0 Å². The molecule has 0 aliphatic heterocycles. The van der Waals surface area contributed by atoms with E-state index in [9.17, 15) is 5.11 Å². The van der Waals surface area contributed by atoms with Gasteiger partial charge in [-0.3, -0.25) is 0 Å². The van der Waals surface area contributed by atoms with Gasteiger partial charge >= 0.3 is 0 Å². The Labute approximate surface area is 123 Å². The lowest BCUT2D eigenvalue weighted by molar-refractivity contribution is 0.0199. The number of halogens is 1. The molecule has 1 N–H and O–H groups in total. The first-order valence-corrected chi connectivity index (χ1v) is 8.45. The summed E-state index contributed by atoms with van der Waals surface area (Å²) in [6.07, 6.45) is 4.21. The average molecular weight is 331 g/mol. The van der Waals surface area contributed by atoms with Crippen molar-refractivity contribution < 1.29 is 5.11 Å². The van der Waals surface area contributed by atoms with Crippen LogP contribution in [0.5, 0.6) is 0 Å². The molecule has 0 aromatic carbocycles. The Balaban J connectivity index is 2.04. The zero-order chi connectivity index (χ0) is 13.3. The van der Waals surface area contributed by atoms with Crippen LogP contribution in [-0.4, -0.2) is 11.2 Å². The van der Waals surface area contributed by atoms with Crippen molar-refractivity contribution in [3.63, 3.8) is 0 Å². The highest BCUT2D eigenvalue weighted by Gasteiger charge is 2.35. The topological polar surface area (TPSA) is 20.2 Å². The predicted molar refractivity (Wildman–Crippen MR) is 82.0 cm³/mol. The maximum atomic E-state index is 10.2. The molecule has 3 atom stereocenters. The van der Waals surface area contributed by atoms with Crippen LogP contribution in [-0.2, 0) is 6.42 Å². The van der Waals surface area contributed by atoms with E-state index in [0.717, 1.165) is 25.2 Å². The maximum Gasteiger partial charge on any atom is 0.0572 e. The standard InChI is InChI=1S/C15H23BrOS/c1-15(2,3)11-4-5-13(17)10(8-11)9-14-12(16)6-7-18-14/h6-7,10-11,13,17H,4-5,8-9H2,1-3H3. The number of aliphatic hydroxyl groups is 1. The van der Waals surface area contributed by atoms with E-state index in [0.29, 0.717) is 11.3 Å². The molecule has 0 bridgehead atoms. The van der Waals surface area contributed by atoms with E-state index in [1.807, 2.05) is 0 Å². The monoisotopic (exact) mass is 330 g/mol. The lowest BCUT2D eigenvalue weighted by Gasteiger charge is -2.40. The minimum atomic E-state index is -0.113. The molecule has 0 saturated heterocycles. The van der Waals surface area contributed by atoms with E-state index in [-0.39, 0.29) is 6.10 Å². The summed E-state index contributed by atoms with van der Waals surface area (Å²) in [6, 6.07) is 2.11. The van der Waals surface area contributed by atoms with Crippen molar-refractivity contribution in [2.45, 2.75) is 52.6 Å². The fourth-order valence-electron chi connectivity index (χ4n) is 2.96. The van der Waals surface area contributed by atoms with E-state index in [1.165, 1.54) is 15.8 Å². The second-order valence-electron chi connectivity index (χ2n) is 6.60. The smallest absolute Gasteiger partial charge is 0.0572 e. The molecular weight excluding hydrogens is 308 g/mol. The summed E-state index contributed by atoms with van der Waals surface area (Å²) in [5.41, 5.74) is 0.366. The largest absolute Gasteiger partial charge is 0.393 e. The van der Waals surface area contributed by atoms with E-state index < -0.39 is 0 Å². The molecule has 1 aromatic rings. The van der Waals surface area contributed by atoms with Gasteiger partial charge in [-0.2, -0.15) is 0 Å². The van der Waals surface area contributed by atoms with Gasteiger partial charge in [-0.1, -0.05) is 20.8 Å². The lowest BCUT2D eigenvalue weighted by atomic mass is 9.67. The van der Waals surface area contributed by atoms with Gasteiger partial charge in [0.15, 0.2) is 0 Å². The molecule has 18 heavy (non-hydrogen) atoms. The minimum Gasteiger partial charge on any atom is -0.393 e. The van der Waals surface area contributed by atoms with Crippen LogP contribution in [0, 0.1) is 17.3 Å². The highest BCUT2D eigenvalue weighted by molar-refractivity contribution is 9.10. The quantitative estimate of drug-likeness (QED) is 0.819. The molecule has 2 rings (SSSR count). The van der Waals surface area contributed by atoms with Crippen molar-refractivity contribution in [1.82, 2.24) is 0 Å². The molecule has 0 amide bonds. The first-order valence-electron chi connectivity index (χ1n) is 6.78. The third-order valence-corrected chi connectivity index (χ3v) is 6.25. The first-order chi connectivity index (χ1) is 8.38. The van der Waals surface area contributed by atoms with Crippen LogP contribution in [0.15, 0.2) is 15.9 Å². The fraction of sp³-hybridized carbons (Fsp3) is 0.733. The second kappa shape index (κ2) is 5.64. The second-order valence-corrected chi connectivity index (χ2v) is 8.45. The lowest BCUT2D eigenvalue weighted by Crippen LogP contribution is -2.35. The maximum absolute atomic E-state index is 10.2. The van der Waals surface area contributed by atoms with Crippen molar-refractivity contribution in [3.8, 4) is 0 Å². The fourth-order valence-corrected chi connectivity index (χ4v) is 4.57. The van der Waals surface area contributed by atoms with Crippen LogP contribution >= 0.6 is 27.3 Å². The molecule has 3 unspecified atom stereocenters. The molecule has 1 aliphatic rings. The summed E-state index contributed by atoms with van der Waals surface area (Å²) < 4.78 is 1.21. The van der Waals surface area contributed by atoms with Gasteiger partial charge in [-0.05, 0) is 70.3 Å². The van der Waals surface area contributed by atoms with Crippen molar-refractivity contribution >= 4 is 27.3 Å². The van der Waals surface area contributed by atoms with Crippen LogP contribution in [0.4, 0.5) is 0 Å². The summed E-state index contributed by atoms with van der Waals surface area (Å²) in [4.78, 5) is 1.38. The van der Waals surface area contributed by atoms with Gasteiger partial charge in [-0.15, -0.1) is 11.3 Å². The summed E-state index contributed by atoms with van der Waals surface area (Å²) in [6.45, 7) is 6.98. The molecule has 1 aromatic heterocycles. The molecule has 1 saturated carbocycles. The third kappa shape index (κ3) is 3.37. The molecule has 0 radical (unpaired) electrons. The van der Waals surface area contributed by atoms with Gasteiger partial charge in [0.2, 0.25) is 0 Å². The summed E-state index contributed by atoms with van der Waals surface area (Å²) in [7, 11) is 0. The van der Waals surface area contributed by atoms with E-state index >= 15 is 0 Å². The normalized spacial score (nSPS) is 29.5. The first kappa shape index (κ1) is 14.5. The van der Waals surface area contributed by atoms with Gasteiger partial charge < -0.3 is 5.11 Å². The Bertz CT molecular complexity index is 393. The Hall–Kier alpha value is 0.140. The molecule has 1 aliphatic carbocycles. The van der Waals surface area contributed by atoms with Crippen LogP contribution < -0.4 is 0 Å². The van der Waals surface area contributed by atoms with Crippen LogP contribution in [0.1, 0.15) is 44.9 Å². The molecular formula is C15H23BrOS. The number of hydrogen-bond acceptors (Lipinski definition) is 2. The molecule has 1 heterocycles. The zero-order valence-corrected chi connectivity index (χ0v) is 13.9. The van der Waals surface area contributed by atoms with Gasteiger partial charge in [0.25, 0.3) is 0 Å². The molecule has 0 spiro atoms. The van der Waals surface area contributed by atoms with Crippen LogP contribution in [0.2, 0.25) is 0 Å². The Morgan fingerprint density at radius 3 is 2.67 bits per heavy atom. The molecule has 102 valence electrons. The minimum absolute atomic E-state index is 0.113. The highest BCUT2D eigenvalue weighted by atomic mass is 79.9. The molecule has 3 heteroatoms. The Morgan fingerprint density at radius 1 is 1.39 bits per heavy atom. The number of rotatable bonds is 2. The highest BCUT2D eigenvalue weighted by Crippen LogP contribution is 2.42. The Kier molecular flexibility index (Phi) is 4.56. The van der Waals surface area contributed by atoms with Crippen molar-refractivity contribution in [2.75, 3.05) is 0 Å². The zero-order valence-electron chi connectivity index (χ0n) is 11.4. The SMILES string of the molecule is CC(C)(C)C1CCC(O)C(Cc2sccc2Br)C1. The van der Waals surface area contributed by atoms with Crippen LogP contribution in [0.3, 0.4) is 0 Å². The third-order valence-electron chi connectivity index (χ3n) is 4.31. The van der Waals surface area contributed by atoms with Crippen molar-refractivity contribution in [3.05, 3.63) is 20.8 Å². The van der Waals surface area contributed by atoms with Crippen molar-refractivity contribution in [1.29, 1.82) is 0 Å².